The van der Waals surface area contributed by atoms with Crippen LogP contribution in [0.25, 0.3) is 0 Å². The highest BCUT2D eigenvalue weighted by molar-refractivity contribution is 5.88. The molecule has 0 radical (unpaired) electrons. The third-order valence-corrected chi connectivity index (χ3v) is 8.00. The summed E-state index contributed by atoms with van der Waals surface area (Å²) in [5, 5.41) is 5.43. The summed E-state index contributed by atoms with van der Waals surface area (Å²) >= 11 is 0. The molecular weight excluding hydrogens is 540 g/mol. The molecule has 5 rings (SSSR count). The van der Waals surface area contributed by atoms with E-state index in [-0.39, 0.29) is 42.7 Å². The van der Waals surface area contributed by atoms with Crippen molar-refractivity contribution in [2.24, 2.45) is 5.92 Å². The Morgan fingerprint density at radius 2 is 1.98 bits per heavy atom. The van der Waals surface area contributed by atoms with Crippen molar-refractivity contribution in [2.45, 2.75) is 57.2 Å². The molecule has 0 spiro atoms. The molecule has 4 heterocycles. The van der Waals surface area contributed by atoms with Crippen LogP contribution in [-0.4, -0.2) is 106 Å². The van der Waals surface area contributed by atoms with Gasteiger partial charge in [-0.25, -0.2) is 33.3 Å². The van der Waals surface area contributed by atoms with Crippen molar-refractivity contribution in [3.63, 3.8) is 0 Å². The summed E-state index contributed by atoms with van der Waals surface area (Å²) in [7, 11) is 1.29. The number of hydrogen-bond donors (Lipinski definition) is 2. The van der Waals surface area contributed by atoms with E-state index in [4.69, 9.17) is 9.47 Å². The maximum absolute atomic E-state index is 15.0. The molecule has 2 aromatic rings. The second-order valence-electron chi connectivity index (χ2n) is 10.5. The number of amides is 3. The molecule has 2 aromatic heterocycles. The third-order valence-electron chi connectivity index (χ3n) is 8.00. The average molecular weight is 576 g/mol. The average Bonchev–Trinajstić information content (AvgIpc) is 3.54. The number of hydrogen-bond acceptors (Lipinski definition) is 10. The molecule has 3 fully saturated rings. The third kappa shape index (κ3) is 6.39. The quantitative estimate of drug-likeness (QED) is 0.483. The number of halogens is 2. The number of anilines is 2. The van der Waals surface area contributed by atoms with E-state index in [9.17, 15) is 18.4 Å². The van der Waals surface area contributed by atoms with Gasteiger partial charge in [-0.05, 0) is 32.2 Å². The number of carbonyl (C=O) groups excluding carboxylic acids is 2. The Bertz CT molecular complexity index is 1240. The lowest BCUT2D eigenvalue weighted by atomic mass is 10.00. The van der Waals surface area contributed by atoms with Gasteiger partial charge in [0.2, 0.25) is 17.7 Å². The van der Waals surface area contributed by atoms with Crippen molar-refractivity contribution in [3.05, 3.63) is 24.7 Å². The molecule has 2 saturated heterocycles. The molecule has 222 valence electrons. The minimum absolute atomic E-state index is 0.0138. The van der Waals surface area contributed by atoms with Crippen molar-refractivity contribution in [2.75, 3.05) is 50.1 Å². The minimum atomic E-state index is -3.16. The lowest BCUT2D eigenvalue weighted by Crippen LogP contribution is -2.60. The van der Waals surface area contributed by atoms with Gasteiger partial charge in [0.25, 0.3) is 5.92 Å². The summed E-state index contributed by atoms with van der Waals surface area (Å²) in [4.78, 5) is 46.9. The number of nitrogens with one attached hydrogen (secondary N) is 2. The van der Waals surface area contributed by atoms with E-state index in [0.717, 1.165) is 30.8 Å². The van der Waals surface area contributed by atoms with Crippen molar-refractivity contribution in [1.82, 2.24) is 35.1 Å². The van der Waals surface area contributed by atoms with Gasteiger partial charge >= 0.3 is 12.1 Å². The van der Waals surface area contributed by atoms with Crippen LogP contribution < -0.4 is 25.0 Å². The second kappa shape index (κ2) is 11.9. The Morgan fingerprint density at radius 3 is 2.66 bits per heavy atom. The van der Waals surface area contributed by atoms with E-state index in [1.54, 1.807) is 11.8 Å². The number of aromatic nitrogens is 4. The molecule has 4 atom stereocenters. The zero-order valence-corrected chi connectivity index (χ0v) is 23.3. The van der Waals surface area contributed by atoms with Gasteiger partial charge in [0.15, 0.2) is 5.82 Å². The zero-order valence-electron chi connectivity index (χ0n) is 23.3. The lowest BCUT2D eigenvalue weighted by Gasteiger charge is -2.42. The van der Waals surface area contributed by atoms with Crippen molar-refractivity contribution in [1.29, 1.82) is 0 Å². The van der Waals surface area contributed by atoms with Crippen LogP contribution in [0.4, 0.5) is 30.1 Å². The number of carbonyl (C=O) groups is 2. The Balaban J connectivity index is 1.19. The lowest BCUT2D eigenvalue weighted by molar-refractivity contribution is -0.0760. The molecule has 0 aromatic carbocycles. The minimum Gasteiger partial charge on any atom is -0.477 e. The first-order chi connectivity index (χ1) is 19.7. The summed E-state index contributed by atoms with van der Waals surface area (Å²) < 4.78 is 40.6. The van der Waals surface area contributed by atoms with Crippen LogP contribution in [0, 0.1) is 5.92 Å². The van der Waals surface area contributed by atoms with Gasteiger partial charge in [0, 0.05) is 57.4 Å². The molecule has 2 bridgehead atoms. The number of rotatable bonds is 8. The molecule has 0 unspecified atom stereocenters. The molecule has 41 heavy (non-hydrogen) atoms. The predicted molar refractivity (Wildman–Crippen MR) is 144 cm³/mol. The van der Waals surface area contributed by atoms with Crippen LogP contribution in [-0.2, 0) is 0 Å². The van der Waals surface area contributed by atoms with Gasteiger partial charge in [-0.15, -0.1) is 0 Å². The Hall–Kier alpha value is -3.88. The van der Waals surface area contributed by atoms with E-state index in [0.29, 0.717) is 18.6 Å². The van der Waals surface area contributed by atoms with E-state index in [1.807, 2.05) is 0 Å². The molecule has 1 saturated carbocycles. The first-order valence-corrected chi connectivity index (χ1v) is 13.8. The van der Waals surface area contributed by atoms with E-state index >= 15 is 0 Å². The summed E-state index contributed by atoms with van der Waals surface area (Å²) in [6.07, 6.45) is 4.85. The summed E-state index contributed by atoms with van der Waals surface area (Å²) in [5.74, 6) is -2.24. The van der Waals surface area contributed by atoms with Crippen LogP contribution in [0.15, 0.2) is 24.7 Å². The molecular formula is C26H35F2N9O4. The summed E-state index contributed by atoms with van der Waals surface area (Å²) in [6.45, 7) is 6.03. The normalized spacial score (nSPS) is 25.0. The van der Waals surface area contributed by atoms with Gasteiger partial charge in [0.05, 0.1) is 19.0 Å². The SMILES string of the molecule is CCOc1cnc(NC(=O)N(C)[C@H]2CN(c3nccc(OC(=O)N[C@@H]4C[C@@H]5C[C@H]4CN5CC)n3)CCC2(F)F)cn1. The number of fused-ring (bicyclic) bond motifs is 2. The fraction of sp³-hybridized carbons (Fsp3) is 0.615. The van der Waals surface area contributed by atoms with Crippen LogP contribution in [0.2, 0.25) is 0 Å². The molecule has 1 aliphatic carbocycles. The molecule has 3 aliphatic rings. The van der Waals surface area contributed by atoms with Gasteiger partial charge in [-0.3, -0.25) is 5.32 Å². The summed E-state index contributed by atoms with van der Waals surface area (Å²) in [6, 6.07) is -0.274. The van der Waals surface area contributed by atoms with E-state index in [1.165, 1.54) is 31.7 Å². The number of nitrogens with zero attached hydrogens (tertiary/aromatic N) is 7. The molecule has 13 nitrogen and oxygen atoms in total. The second-order valence-corrected chi connectivity index (χ2v) is 10.5. The maximum Gasteiger partial charge on any atom is 0.414 e. The van der Waals surface area contributed by atoms with Crippen LogP contribution >= 0.6 is 0 Å². The zero-order chi connectivity index (χ0) is 29.1. The predicted octanol–water partition coefficient (Wildman–Crippen LogP) is 2.61. The fourth-order valence-electron chi connectivity index (χ4n) is 5.84. The standard InChI is InChI=1S/C26H35F2N9O4/c1-4-36-14-16-10-17(36)11-18(16)32-25(39)41-21-6-8-29-23(34-21)37-9-7-26(27,28)19(15-37)35(3)24(38)33-20-12-31-22(13-30-20)40-5-2/h6,8,12-13,16-19H,4-5,7,9-11,14-15H2,1-3H3,(H,32,39)(H,30,33,38)/t16-,17-,18+,19-/m0/s1. The van der Waals surface area contributed by atoms with E-state index in [2.05, 4.69) is 42.4 Å². The monoisotopic (exact) mass is 575 g/mol. The highest BCUT2D eigenvalue weighted by atomic mass is 19.3. The van der Waals surface area contributed by atoms with Crippen LogP contribution in [0.1, 0.15) is 33.1 Å². The van der Waals surface area contributed by atoms with Gasteiger partial charge < -0.3 is 29.5 Å². The van der Waals surface area contributed by atoms with Gasteiger partial charge in [-0.1, -0.05) is 6.92 Å². The smallest absolute Gasteiger partial charge is 0.414 e. The van der Waals surface area contributed by atoms with Gasteiger partial charge in [-0.2, -0.15) is 4.98 Å². The number of alkyl halides is 2. The van der Waals surface area contributed by atoms with Crippen LogP contribution in [0.5, 0.6) is 11.8 Å². The van der Waals surface area contributed by atoms with Crippen molar-refractivity contribution >= 4 is 23.9 Å². The Kier molecular flexibility index (Phi) is 8.33. The largest absolute Gasteiger partial charge is 0.477 e. The first-order valence-electron chi connectivity index (χ1n) is 13.8. The van der Waals surface area contributed by atoms with Crippen molar-refractivity contribution < 1.29 is 27.8 Å². The topological polar surface area (TPSA) is 138 Å². The molecule has 3 amide bonds. The fourth-order valence-corrected chi connectivity index (χ4v) is 5.84. The molecule has 2 N–H and O–H groups in total. The molecule has 15 heteroatoms. The number of likely N-dealkylation sites (N-methyl/N-ethyl adjacent to an activating group) is 1. The Morgan fingerprint density at radius 1 is 1.15 bits per heavy atom. The Labute approximate surface area is 236 Å². The summed E-state index contributed by atoms with van der Waals surface area (Å²) in [5.41, 5.74) is 0. The molecule has 2 aliphatic heterocycles. The van der Waals surface area contributed by atoms with E-state index < -0.39 is 30.5 Å². The first kappa shape index (κ1) is 28.6. The van der Waals surface area contributed by atoms with Gasteiger partial charge in [0.1, 0.15) is 6.04 Å². The number of piperidine rings is 2. The number of ether oxygens (including phenoxy) is 2. The number of likely N-dealkylation sites (tertiary alicyclic amines) is 1. The highest BCUT2D eigenvalue weighted by Gasteiger charge is 2.48. The highest BCUT2D eigenvalue weighted by Crippen LogP contribution is 2.37. The van der Waals surface area contributed by atoms with Crippen LogP contribution in [0.3, 0.4) is 0 Å². The van der Waals surface area contributed by atoms with Crippen molar-refractivity contribution in [3.8, 4) is 11.8 Å². The maximum atomic E-state index is 15.0. The number of urea groups is 1.